The Balaban J connectivity index is 0.905. The second-order valence-corrected chi connectivity index (χ2v) is 20.9. The predicted octanol–water partition coefficient (Wildman–Crippen LogP) is 7.69. The maximum absolute atomic E-state index is 13.5. The van der Waals surface area contributed by atoms with Crippen LogP contribution in [0.5, 0.6) is 0 Å². The van der Waals surface area contributed by atoms with Gasteiger partial charge in [0.25, 0.3) is 5.91 Å². The van der Waals surface area contributed by atoms with Crippen molar-refractivity contribution >= 4 is 5.91 Å². The number of carbonyl (C=O) groups is 1. The van der Waals surface area contributed by atoms with E-state index >= 15 is 0 Å². The SMILES string of the molecule is C[C@H]1[C@@H](CC2(C[C@H]3O[C@@H]4O[C@]5(C)CC[C@H]6[C@H](C)CC[C@@H]([C@H]3C)[C@@]46OO5)COC3(CCN(C(=O)c4ccccc4)CC3)O2)O[C@@H]2O[C@]3(C)CC[C@H]4[C@H](C)CC[C@@H]1[C@@]24OO3. The lowest BCUT2D eigenvalue weighted by atomic mass is 9.56. The first-order chi connectivity index (χ1) is 27.8. The molecule has 10 heterocycles. The lowest BCUT2D eigenvalue weighted by molar-refractivity contribution is -0.572. The minimum Gasteiger partial charge on any atom is -0.347 e. The van der Waals surface area contributed by atoms with Crippen LogP contribution in [0.15, 0.2) is 30.3 Å². The Bertz CT molecular complexity index is 1660. The summed E-state index contributed by atoms with van der Waals surface area (Å²) >= 11 is 0. The number of benzene rings is 1. The van der Waals surface area contributed by atoms with Gasteiger partial charge in [-0.3, -0.25) is 4.79 Å². The van der Waals surface area contributed by atoms with Gasteiger partial charge >= 0.3 is 0 Å². The summed E-state index contributed by atoms with van der Waals surface area (Å²) in [6.07, 6.45) is 8.92. The van der Waals surface area contributed by atoms with E-state index in [1.807, 2.05) is 49.1 Å². The van der Waals surface area contributed by atoms with Gasteiger partial charge in [0.1, 0.15) is 0 Å². The Labute approximate surface area is 343 Å². The first-order valence-electron chi connectivity index (χ1n) is 22.9. The summed E-state index contributed by atoms with van der Waals surface area (Å²) < 4.78 is 42.6. The quantitative estimate of drug-likeness (QED) is 0.273. The Morgan fingerprint density at radius 2 is 1.17 bits per heavy atom. The number of hydrogen-bond acceptors (Lipinski definition) is 11. The normalized spacial score (nSPS) is 52.8. The molecule has 1 aromatic rings. The Morgan fingerprint density at radius 1 is 0.655 bits per heavy atom. The molecule has 13 rings (SSSR count). The number of piperidine rings is 1. The standard InChI is InChI=1S/C46H65NO11/c1-27-12-14-34-29(3)36(50-39-45(34)32(27)16-18-41(5,52-39)55-57-45)24-43(26-49-44(54-43)20-22-47(23-21-44)38(48)31-10-8-7-9-11-31)25-37-30(4)35-15-13-28(2)33-17-19-42(6)53-40(51-37)46(33,35)58-56-42/h7-11,27-30,32-37,39-40H,12-26H2,1-6H3/t27-,28-,29-,30-,32+,33+,34+,35+,36-,37-,39-,40-,41+,42+,45-,46-/m1/s1. The summed E-state index contributed by atoms with van der Waals surface area (Å²) in [5.74, 6) is -0.159. The number of hydrogen-bond donors (Lipinski definition) is 0. The summed E-state index contributed by atoms with van der Waals surface area (Å²) in [5, 5.41) is 0. The molecule has 12 heteroatoms. The van der Waals surface area contributed by atoms with Gasteiger partial charge in [0, 0.05) is 69.0 Å². The number of fused-ring (bicyclic) bond motifs is 4. The van der Waals surface area contributed by atoms with Crippen LogP contribution in [0.25, 0.3) is 0 Å². The average molecular weight is 808 g/mol. The van der Waals surface area contributed by atoms with Crippen LogP contribution in [-0.2, 0) is 48.0 Å². The molecule has 2 saturated carbocycles. The van der Waals surface area contributed by atoms with E-state index < -0.39 is 46.7 Å². The second-order valence-electron chi connectivity index (χ2n) is 20.9. The number of nitrogens with zero attached hydrogens (tertiary/aromatic N) is 1. The summed E-state index contributed by atoms with van der Waals surface area (Å²) in [4.78, 5) is 40.8. The van der Waals surface area contributed by atoms with Gasteiger partial charge in [-0.25, -0.2) is 19.6 Å². The van der Waals surface area contributed by atoms with Gasteiger partial charge in [-0.2, -0.15) is 0 Å². The lowest BCUT2D eigenvalue weighted by Gasteiger charge is -2.61. The second kappa shape index (κ2) is 13.6. The smallest absolute Gasteiger partial charge is 0.253 e. The van der Waals surface area contributed by atoms with Crippen LogP contribution in [0.2, 0.25) is 0 Å². The number of ether oxygens (including phenoxy) is 6. The van der Waals surface area contributed by atoms with Crippen LogP contribution < -0.4 is 0 Å². The number of amides is 1. The van der Waals surface area contributed by atoms with Crippen LogP contribution >= 0.6 is 0 Å². The number of carbonyl (C=O) groups excluding carboxylic acids is 1. The minimum atomic E-state index is -0.847. The molecule has 4 bridgehead atoms. The molecule has 1 aromatic carbocycles. The van der Waals surface area contributed by atoms with Gasteiger partial charge in [0.2, 0.25) is 11.6 Å². The van der Waals surface area contributed by atoms with Crippen molar-refractivity contribution in [3.05, 3.63) is 35.9 Å². The van der Waals surface area contributed by atoms with Crippen molar-refractivity contribution in [2.75, 3.05) is 19.7 Å². The van der Waals surface area contributed by atoms with E-state index in [0.717, 1.165) is 51.4 Å². The highest BCUT2D eigenvalue weighted by atomic mass is 17.3. The molecule has 2 aliphatic carbocycles. The molecule has 1 amide bonds. The predicted molar refractivity (Wildman–Crippen MR) is 207 cm³/mol. The van der Waals surface area contributed by atoms with E-state index in [1.54, 1.807) is 0 Å². The first-order valence-corrected chi connectivity index (χ1v) is 22.9. The van der Waals surface area contributed by atoms with Gasteiger partial charge in [-0.05, 0) is 100 Å². The van der Waals surface area contributed by atoms with Crippen LogP contribution in [0.4, 0.5) is 0 Å². The van der Waals surface area contributed by atoms with Crippen molar-refractivity contribution in [2.24, 2.45) is 47.3 Å². The molecule has 0 aromatic heterocycles. The van der Waals surface area contributed by atoms with Crippen LogP contribution in [0, 0.1) is 47.3 Å². The zero-order chi connectivity index (χ0) is 39.9. The van der Waals surface area contributed by atoms with Gasteiger partial charge in [-0.15, -0.1) is 0 Å². The zero-order valence-corrected chi connectivity index (χ0v) is 35.4. The molecule has 10 saturated heterocycles. The third-order valence-electron chi connectivity index (χ3n) is 17.6. The van der Waals surface area contributed by atoms with Crippen molar-refractivity contribution in [3.63, 3.8) is 0 Å². The fourth-order valence-corrected chi connectivity index (χ4v) is 14.2. The Morgan fingerprint density at radius 3 is 1.69 bits per heavy atom. The van der Waals surface area contributed by atoms with Crippen molar-refractivity contribution in [3.8, 4) is 0 Å². The van der Waals surface area contributed by atoms with Gasteiger partial charge in [-0.1, -0.05) is 45.9 Å². The van der Waals surface area contributed by atoms with Gasteiger partial charge in [0.05, 0.1) is 24.4 Å². The monoisotopic (exact) mass is 807 g/mol. The summed E-state index contributed by atoms with van der Waals surface area (Å²) in [5.41, 5.74) is -1.29. The number of likely N-dealkylation sites (tertiary alicyclic amines) is 1. The molecule has 16 atom stereocenters. The molecule has 58 heavy (non-hydrogen) atoms. The van der Waals surface area contributed by atoms with E-state index in [4.69, 9.17) is 48.0 Å². The highest BCUT2D eigenvalue weighted by molar-refractivity contribution is 5.94. The lowest BCUT2D eigenvalue weighted by Crippen LogP contribution is -2.71. The van der Waals surface area contributed by atoms with Crippen molar-refractivity contribution < 1.29 is 52.8 Å². The van der Waals surface area contributed by atoms with Crippen LogP contribution in [0.1, 0.15) is 129 Å². The zero-order valence-electron chi connectivity index (χ0n) is 35.4. The molecule has 12 nitrogen and oxygen atoms in total. The summed E-state index contributed by atoms with van der Waals surface area (Å²) in [6.45, 7) is 14.9. The van der Waals surface area contributed by atoms with Crippen molar-refractivity contribution in [1.29, 1.82) is 0 Å². The summed E-state index contributed by atoms with van der Waals surface area (Å²) in [6, 6.07) is 9.55. The van der Waals surface area contributed by atoms with Gasteiger partial charge in [0.15, 0.2) is 29.6 Å². The molecule has 12 aliphatic rings. The molecular weight excluding hydrogens is 743 g/mol. The van der Waals surface area contributed by atoms with Crippen molar-refractivity contribution in [2.45, 2.75) is 178 Å². The molecule has 0 radical (unpaired) electrons. The fraction of sp³-hybridized carbons (Fsp3) is 0.848. The highest BCUT2D eigenvalue weighted by Crippen LogP contribution is 2.64. The molecule has 3 spiro atoms. The Hall–Kier alpha value is -1.71. The van der Waals surface area contributed by atoms with Crippen LogP contribution in [0.3, 0.4) is 0 Å². The highest BCUT2D eigenvalue weighted by Gasteiger charge is 2.72. The maximum atomic E-state index is 13.5. The van der Waals surface area contributed by atoms with E-state index in [1.165, 1.54) is 0 Å². The minimum absolute atomic E-state index is 0.0480. The van der Waals surface area contributed by atoms with Crippen molar-refractivity contribution in [1.82, 2.24) is 4.90 Å². The molecular formula is C46H65NO11. The molecule has 10 aliphatic heterocycles. The average Bonchev–Trinajstić information content (AvgIpc) is 3.33. The largest absolute Gasteiger partial charge is 0.347 e. The maximum Gasteiger partial charge on any atom is 0.253 e. The van der Waals surface area contributed by atoms with E-state index in [0.29, 0.717) is 74.6 Å². The third kappa shape index (κ3) is 5.78. The van der Waals surface area contributed by atoms with Gasteiger partial charge < -0.3 is 33.3 Å². The topological polar surface area (TPSA) is 113 Å². The molecule has 12 fully saturated rings. The van der Waals surface area contributed by atoms with E-state index in [9.17, 15) is 4.79 Å². The molecule has 320 valence electrons. The van der Waals surface area contributed by atoms with E-state index in [2.05, 4.69) is 27.7 Å². The third-order valence-corrected chi connectivity index (χ3v) is 17.6. The fourth-order valence-electron chi connectivity index (χ4n) is 14.2. The number of rotatable bonds is 5. The Kier molecular flexibility index (Phi) is 9.21. The van der Waals surface area contributed by atoms with E-state index in [-0.39, 0.29) is 41.8 Å². The molecule has 0 unspecified atom stereocenters. The summed E-state index contributed by atoms with van der Waals surface area (Å²) in [7, 11) is 0. The van der Waals surface area contributed by atoms with Crippen LogP contribution in [-0.4, -0.2) is 89.5 Å². The molecule has 0 N–H and O–H groups in total. The first kappa shape index (κ1) is 39.2.